The minimum Gasteiger partial charge on any atom is -0.351 e. The Balaban J connectivity index is 1.67. The number of hydrogen-bond donors (Lipinski definition) is 2. The van der Waals surface area contributed by atoms with Crippen LogP contribution in [-0.4, -0.2) is 24.5 Å². The Morgan fingerprint density at radius 2 is 2.12 bits per heavy atom. The van der Waals surface area contributed by atoms with Crippen molar-refractivity contribution in [2.24, 2.45) is 11.8 Å². The standard InChI is InChI=1S/C13H24N2O/c1-13(2,11-4-5-11)15-12(16)6-3-10-7-8-14-9-10/h10-11,14H,3-9H2,1-2H3,(H,15,16). The van der Waals surface area contributed by atoms with Gasteiger partial charge in [-0.25, -0.2) is 0 Å². The summed E-state index contributed by atoms with van der Waals surface area (Å²) in [5.74, 6) is 1.67. The first-order chi connectivity index (χ1) is 7.58. The molecule has 2 rings (SSSR count). The van der Waals surface area contributed by atoms with Gasteiger partial charge in [-0.1, -0.05) is 0 Å². The van der Waals surface area contributed by atoms with E-state index in [-0.39, 0.29) is 11.4 Å². The second-order valence-electron chi connectivity index (χ2n) is 5.94. The summed E-state index contributed by atoms with van der Waals surface area (Å²) in [5.41, 5.74) is 0.0189. The predicted octanol–water partition coefficient (Wildman–Crippen LogP) is 1.68. The van der Waals surface area contributed by atoms with Gasteiger partial charge in [0.15, 0.2) is 0 Å². The molecule has 0 radical (unpaired) electrons. The molecule has 2 aliphatic rings. The molecule has 1 unspecified atom stereocenters. The fourth-order valence-corrected chi connectivity index (χ4v) is 2.62. The molecule has 3 heteroatoms. The quantitative estimate of drug-likeness (QED) is 0.746. The van der Waals surface area contributed by atoms with Crippen molar-refractivity contribution in [1.29, 1.82) is 0 Å². The van der Waals surface area contributed by atoms with E-state index in [9.17, 15) is 4.79 Å². The van der Waals surface area contributed by atoms with Gasteiger partial charge in [0, 0.05) is 12.0 Å². The molecule has 1 heterocycles. The van der Waals surface area contributed by atoms with Crippen LogP contribution in [0.25, 0.3) is 0 Å². The summed E-state index contributed by atoms with van der Waals surface area (Å²) in [6.07, 6.45) is 5.53. The second kappa shape index (κ2) is 4.74. The summed E-state index contributed by atoms with van der Waals surface area (Å²) >= 11 is 0. The summed E-state index contributed by atoms with van der Waals surface area (Å²) in [7, 11) is 0. The molecule has 0 aromatic carbocycles. The molecular formula is C13H24N2O. The predicted molar refractivity (Wildman–Crippen MR) is 65.2 cm³/mol. The highest BCUT2D eigenvalue weighted by Gasteiger charge is 2.38. The van der Waals surface area contributed by atoms with Crippen LogP contribution in [0.2, 0.25) is 0 Å². The number of rotatable bonds is 5. The Hall–Kier alpha value is -0.570. The van der Waals surface area contributed by atoms with Crippen molar-refractivity contribution in [3.63, 3.8) is 0 Å². The molecule has 1 saturated heterocycles. The van der Waals surface area contributed by atoms with E-state index in [0.29, 0.717) is 12.3 Å². The lowest BCUT2D eigenvalue weighted by Crippen LogP contribution is -2.45. The molecule has 1 atom stereocenters. The van der Waals surface area contributed by atoms with Crippen LogP contribution >= 0.6 is 0 Å². The minimum absolute atomic E-state index is 0.0189. The molecule has 2 N–H and O–H groups in total. The maximum absolute atomic E-state index is 11.8. The van der Waals surface area contributed by atoms with Gasteiger partial charge in [-0.15, -0.1) is 0 Å². The maximum Gasteiger partial charge on any atom is 0.220 e. The number of hydrogen-bond acceptors (Lipinski definition) is 2. The Labute approximate surface area is 98.4 Å². The molecule has 0 aromatic rings. The number of amides is 1. The van der Waals surface area contributed by atoms with Crippen LogP contribution in [0, 0.1) is 11.8 Å². The highest BCUT2D eigenvalue weighted by atomic mass is 16.1. The Morgan fingerprint density at radius 1 is 1.38 bits per heavy atom. The molecule has 1 saturated carbocycles. The van der Waals surface area contributed by atoms with Gasteiger partial charge in [0.25, 0.3) is 0 Å². The third kappa shape index (κ3) is 3.21. The lowest BCUT2D eigenvalue weighted by molar-refractivity contribution is -0.123. The molecule has 2 fully saturated rings. The summed E-state index contributed by atoms with van der Waals surface area (Å²) < 4.78 is 0. The van der Waals surface area contributed by atoms with Crippen molar-refractivity contribution in [2.45, 2.75) is 51.5 Å². The average Bonchev–Trinajstić information content (AvgIpc) is 2.94. The molecule has 1 aliphatic heterocycles. The fraction of sp³-hybridized carbons (Fsp3) is 0.923. The van der Waals surface area contributed by atoms with E-state index >= 15 is 0 Å². The number of carbonyl (C=O) groups is 1. The maximum atomic E-state index is 11.8. The summed E-state index contributed by atoms with van der Waals surface area (Å²) in [6.45, 7) is 6.53. The normalized spacial score (nSPS) is 25.8. The van der Waals surface area contributed by atoms with Crippen LogP contribution in [0.15, 0.2) is 0 Å². The van der Waals surface area contributed by atoms with Gasteiger partial charge >= 0.3 is 0 Å². The Kier molecular flexibility index (Phi) is 3.53. The van der Waals surface area contributed by atoms with Gasteiger partial charge in [-0.3, -0.25) is 4.79 Å². The molecular weight excluding hydrogens is 200 g/mol. The van der Waals surface area contributed by atoms with Gasteiger partial charge in [0.2, 0.25) is 5.91 Å². The van der Waals surface area contributed by atoms with Crippen molar-refractivity contribution in [3.05, 3.63) is 0 Å². The van der Waals surface area contributed by atoms with Crippen LogP contribution in [-0.2, 0) is 4.79 Å². The highest BCUT2D eigenvalue weighted by molar-refractivity contribution is 5.76. The summed E-state index contributed by atoms with van der Waals surface area (Å²) in [4.78, 5) is 11.8. The van der Waals surface area contributed by atoms with E-state index in [1.54, 1.807) is 0 Å². The van der Waals surface area contributed by atoms with Crippen molar-refractivity contribution in [2.75, 3.05) is 13.1 Å². The first kappa shape index (κ1) is 11.9. The summed E-state index contributed by atoms with van der Waals surface area (Å²) in [6, 6.07) is 0. The zero-order valence-corrected chi connectivity index (χ0v) is 10.5. The van der Waals surface area contributed by atoms with Crippen molar-refractivity contribution in [1.82, 2.24) is 10.6 Å². The molecule has 0 bridgehead atoms. The molecule has 0 spiro atoms. The van der Waals surface area contributed by atoms with E-state index in [4.69, 9.17) is 0 Å². The zero-order valence-electron chi connectivity index (χ0n) is 10.5. The van der Waals surface area contributed by atoms with Gasteiger partial charge in [0.1, 0.15) is 0 Å². The lowest BCUT2D eigenvalue weighted by atomic mass is 9.97. The number of carbonyl (C=O) groups excluding carboxylic acids is 1. The van der Waals surface area contributed by atoms with Gasteiger partial charge in [-0.2, -0.15) is 0 Å². The molecule has 0 aromatic heterocycles. The largest absolute Gasteiger partial charge is 0.351 e. The molecule has 1 amide bonds. The van der Waals surface area contributed by atoms with E-state index in [1.807, 2.05) is 0 Å². The van der Waals surface area contributed by atoms with Gasteiger partial charge in [0.05, 0.1) is 0 Å². The van der Waals surface area contributed by atoms with Crippen LogP contribution in [0.3, 0.4) is 0 Å². The van der Waals surface area contributed by atoms with Crippen LogP contribution in [0.1, 0.15) is 46.0 Å². The Morgan fingerprint density at radius 3 is 2.69 bits per heavy atom. The first-order valence-corrected chi connectivity index (χ1v) is 6.59. The zero-order chi connectivity index (χ0) is 11.6. The van der Waals surface area contributed by atoms with Crippen molar-refractivity contribution in [3.8, 4) is 0 Å². The molecule has 16 heavy (non-hydrogen) atoms. The summed E-state index contributed by atoms with van der Waals surface area (Å²) in [5, 5.41) is 6.52. The second-order valence-corrected chi connectivity index (χ2v) is 5.94. The van der Waals surface area contributed by atoms with Crippen LogP contribution in [0.5, 0.6) is 0 Å². The molecule has 1 aliphatic carbocycles. The monoisotopic (exact) mass is 224 g/mol. The lowest BCUT2D eigenvalue weighted by Gasteiger charge is -2.26. The number of nitrogens with one attached hydrogen (secondary N) is 2. The highest BCUT2D eigenvalue weighted by Crippen LogP contribution is 2.39. The van der Waals surface area contributed by atoms with Gasteiger partial charge in [-0.05, 0) is 64.5 Å². The van der Waals surface area contributed by atoms with Gasteiger partial charge < -0.3 is 10.6 Å². The average molecular weight is 224 g/mol. The van der Waals surface area contributed by atoms with E-state index < -0.39 is 0 Å². The fourth-order valence-electron chi connectivity index (χ4n) is 2.62. The third-order valence-corrected chi connectivity index (χ3v) is 4.00. The van der Waals surface area contributed by atoms with Crippen LogP contribution in [0.4, 0.5) is 0 Å². The Bertz CT molecular complexity index is 253. The molecule has 3 nitrogen and oxygen atoms in total. The van der Waals surface area contributed by atoms with Crippen LogP contribution < -0.4 is 10.6 Å². The smallest absolute Gasteiger partial charge is 0.220 e. The van der Waals surface area contributed by atoms with Crippen molar-refractivity contribution >= 4 is 5.91 Å². The SMILES string of the molecule is CC(C)(NC(=O)CCC1CCNC1)C1CC1. The topological polar surface area (TPSA) is 41.1 Å². The van der Waals surface area contributed by atoms with E-state index in [2.05, 4.69) is 24.5 Å². The van der Waals surface area contributed by atoms with E-state index in [1.165, 1.54) is 19.3 Å². The minimum atomic E-state index is 0.0189. The van der Waals surface area contributed by atoms with Crippen molar-refractivity contribution < 1.29 is 4.79 Å². The third-order valence-electron chi connectivity index (χ3n) is 4.00. The first-order valence-electron chi connectivity index (χ1n) is 6.59. The molecule has 92 valence electrons. The van der Waals surface area contributed by atoms with E-state index in [0.717, 1.165) is 25.4 Å².